The number of aryl methyl sites for hydroxylation is 1. The number of hydrogen-bond acceptors (Lipinski definition) is 2. The van der Waals surface area contributed by atoms with Crippen LogP contribution in [0.25, 0.3) is 22.4 Å². The van der Waals surface area contributed by atoms with E-state index in [0.29, 0.717) is 19.5 Å². The summed E-state index contributed by atoms with van der Waals surface area (Å²) in [6.07, 6.45) is 2.96. The van der Waals surface area contributed by atoms with Gasteiger partial charge in [0.25, 0.3) is 0 Å². The zero-order valence-electron chi connectivity index (χ0n) is 18.0. The number of halogens is 1. The van der Waals surface area contributed by atoms with Crippen LogP contribution in [0.2, 0.25) is 0 Å². The molecule has 0 unspecified atom stereocenters. The lowest BCUT2D eigenvalue weighted by atomic mass is 10.0. The number of piperidine rings is 1. The van der Waals surface area contributed by atoms with Crippen LogP contribution in [0, 0.1) is 5.82 Å². The Morgan fingerprint density at radius 3 is 2.34 bits per heavy atom. The number of likely N-dealkylation sites (tertiary alicyclic amines) is 1. The first-order valence-corrected chi connectivity index (χ1v) is 11.2. The Hall–Kier alpha value is -3.47. The summed E-state index contributed by atoms with van der Waals surface area (Å²) in [5.74, 6) is 0.809. The Balaban J connectivity index is 1.34. The molecule has 4 nitrogen and oxygen atoms in total. The number of nitrogens with zero attached hydrogens (tertiary/aromatic N) is 3. The number of amides is 1. The highest BCUT2D eigenvalue weighted by atomic mass is 19.1. The van der Waals surface area contributed by atoms with Gasteiger partial charge in [0.05, 0.1) is 11.0 Å². The molecule has 5 rings (SSSR count). The summed E-state index contributed by atoms with van der Waals surface area (Å²) in [6, 6.07) is 25.1. The van der Waals surface area contributed by atoms with E-state index >= 15 is 0 Å². The van der Waals surface area contributed by atoms with E-state index in [-0.39, 0.29) is 17.8 Å². The molecule has 3 aromatic carbocycles. The predicted octanol–water partition coefficient (Wildman–Crippen LogP) is 5.64. The second-order valence-electron chi connectivity index (χ2n) is 8.40. The zero-order chi connectivity index (χ0) is 21.9. The molecule has 32 heavy (non-hydrogen) atoms. The lowest BCUT2D eigenvalue weighted by Gasteiger charge is -2.33. The highest BCUT2D eigenvalue weighted by Gasteiger charge is 2.27. The van der Waals surface area contributed by atoms with E-state index in [1.54, 1.807) is 12.1 Å². The Kier molecular flexibility index (Phi) is 5.71. The molecule has 0 spiro atoms. The molecule has 0 bridgehead atoms. The fraction of sp³-hybridized carbons (Fsp3) is 0.259. The van der Waals surface area contributed by atoms with Crippen LogP contribution in [0.3, 0.4) is 0 Å². The van der Waals surface area contributed by atoms with Gasteiger partial charge < -0.3 is 9.47 Å². The van der Waals surface area contributed by atoms with Crippen molar-refractivity contribution >= 4 is 16.9 Å². The van der Waals surface area contributed by atoms with Gasteiger partial charge in [-0.15, -0.1) is 0 Å². The number of benzene rings is 3. The normalized spacial score (nSPS) is 14.7. The van der Waals surface area contributed by atoms with Crippen molar-refractivity contribution in [2.24, 2.45) is 0 Å². The molecule has 0 N–H and O–H groups in total. The second-order valence-corrected chi connectivity index (χ2v) is 8.40. The molecule has 0 radical (unpaired) electrons. The van der Waals surface area contributed by atoms with Crippen molar-refractivity contribution in [2.75, 3.05) is 13.1 Å². The summed E-state index contributed by atoms with van der Waals surface area (Å²) < 4.78 is 16.3. The second kappa shape index (κ2) is 8.95. The minimum Gasteiger partial charge on any atom is -0.343 e. The third-order valence-corrected chi connectivity index (χ3v) is 6.34. The van der Waals surface area contributed by atoms with Gasteiger partial charge in [-0.25, -0.2) is 9.37 Å². The highest BCUT2D eigenvalue weighted by Crippen LogP contribution is 2.33. The number of carbonyl (C=O) groups is 1. The van der Waals surface area contributed by atoms with Crippen LogP contribution in [0.15, 0.2) is 78.9 Å². The number of carbonyl (C=O) groups excluding carboxylic acids is 1. The molecular weight excluding hydrogens is 401 g/mol. The molecule has 1 aromatic heterocycles. The predicted molar refractivity (Wildman–Crippen MR) is 125 cm³/mol. The maximum atomic E-state index is 14.1. The summed E-state index contributed by atoms with van der Waals surface area (Å²) in [7, 11) is 0. The van der Waals surface area contributed by atoms with Crippen LogP contribution < -0.4 is 0 Å². The van der Waals surface area contributed by atoms with Gasteiger partial charge in [-0.2, -0.15) is 0 Å². The van der Waals surface area contributed by atoms with E-state index in [2.05, 4.69) is 16.7 Å². The van der Waals surface area contributed by atoms with Crippen LogP contribution in [-0.4, -0.2) is 33.4 Å². The number of rotatable bonds is 5. The van der Waals surface area contributed by atoms with Crippen molar-refractivity contribution in [1.82, 2.24) is 14.5 Å². The molecule has 1 aliphatic rings. The first-order chi connectivity index (χ1) is 15.7. The van der Waals surface area contributed by atoms with E-state index < -0.39 is 0 Å². The van der Waals surface area contributed by atoms with E-state index in [0.717, 1.165) is 41.7 Å². The lowest BCUT2D eigenvalue weighted by Crippen LogP contribution is -2.39. The Morgan fingerprint density at radius 1 is 0.938 bits per heavy atom. The summed E-state index contributed by atoms with van der Waals surface area (Å²) in [6.45, 7) is 1.42. The van der Waals surface area contributed by atoms with Crippen molar-refractivity contribution in [3.63, 3.8) is 0 Å². The monoisotopic (exact) mass is 427 g/mol. The van der Waals surface area contributed by atoms with Crippen molar-refractivity contribution in [2.45, 2.75) is 31.7 Å². The largest absolute Gasteiger partial charge is 0.343 e. The van der Waals surface area contributed by atoms with E-state index in [9.17, 15) is 9.18 Å². The third kappa shape index (κ3) is 4.15. The first kappa shape index (κ1) is 20.4. The van der Waals surface area contributed by atoms with Gasteiger partial charge in [-0.3, -0.25) is 4.79 Å². The van der Waals surface area contributed by atoms with Gasteiger partial charge in [-0.1, -0.05) is 60.7 Å². The highest BCUT2D eigenvalue weighted by molar-refractivity contribution is 5.81. The summed E-state index contributed by atoms with van der Waals surface area (Å²) in [4.78, 5) is 19.6. The smallest absolute Gasteiger partial charge is 0.222 e. The quantitative estimate of drug-likeness (QED) is 0.413. The molecule has 2 heterocycles. The van der Waals surface area contributed by atoms with Crippen molar-refractivity contribution in [3.8, 4) is 11.4 Å². The molecule has 1 amide bonds. The summed E-state index contributed by atoms with van der Waals surface area (Å²) in [5.41, 5.74) is 3.82. The minimum atomic E-state index is -0.258. The lowest BCUT2D eigenvalue weighted by molar-refractivity contribution is -0.132. The molecule has 1 aliphatic heterocycles. The molecule has 1 fully saturated rings. The standard InChI is InChI=1S/C27H26FN3O/c28-22-12-13-24-25(19-22)31(27(29-24)21-9-5-2-6-10-21)23-15-17-30(18-16-23)26(32)14-11-20-7-3-1-4-8-20/h1-10,12-13,19,23H,11,14-18H2. The SMILES string of the molecule is O=C(CCc1ccccc1)N1CCC(n2c(-c3ccccc3)nc3ccc(F)cc32)CC1. The number of hydrogen-bond donors (Lipinski definition) is 0. The van der Waals surface area contributed by atoms with Gasteiger partial charge >= 0.3 is 0 Å². The van der Waals surface area contributed by atoms with Gasteiger partial charge in [0.1, 0.15) is 11.6 Å². The molecule has 1 saturated heterocycles. The van der Waals surface area contributed by atoms with Gasteiger partial charge in [0, 0.05) is 31.1 Å². The minimum absolute atomic E-state index is 0.176. The van der Waals surface area contributed by atoms with Crippen LogP contribution in [-0.2, 0) is 11.2 Å². The number of aromatic nitrogens is 2. The molecular formula is C27H26FN3O. The zero-order valence-corrected chi connectivity index (χ0v) is 18.0. The van der Waals surface area contributed by atoms with Crippen LogP contribution in [0.5, 0.6) is 0 Å². The molecule has 4 aromatic rings. The van der Waals surface area contributed by atoms with Crippen LogP contribution >= 0.6 is 0 Å². The van der Waals surface area contributed by atoms with E-state index in [1.807, 2.05) is 53.4 Å². The van der Waals surface area contributed by atoms with Crippen LogP contribution in [0.4, 0.5) is 4.39 Å². The number of fused-ring (bicyclic) bond motifs is 1. The summed E-state index contributed by atoms with van der Waals surface area (Å²) >= 11 is 0. The van der Waals surface area contributed by atoms with Gasteiger partial charge in [0.15, 0.2) is 0 Å². The van der Waals surface area contributed by atoms with Gasteiger partial charge in [-0.05, 0) is 43.0 Å². The maximum absolute atomic E-state index is 14.1. The Labute approximate surface area is 187 Å². The Morgan fingerprint density at radius 2 is 1.62 bits per heavy atom. The molecule has 0 saturated carbocycles. The van der Waals surface area contributed by atoms with Crippen LogP contribution in [0.1, 0.15) is 30.9 Å². The maximum Gasteiger partial charge on any atom is 0.222 e. The fourth-order valence-corrected chi connectivity index (χ4v) is 4.65. The molecule has 5 heteroatoms. The fourth-order valence-electron chi connectivity index (χ4n) is 4.65. The number of imidazole rings is 1. The van der Waals surface area contributed by atoms with Crippen molar-refractivity contribution in [3.05, 3.63) is 90.2 Å². The average molecular weight is 428 g/mol. The molecule has 0 aliphatic carbocycles. The third-order valence-electron chi connectivity index (χ3n) is 6.34. The van der Waals surface area contributed by atoms with Crippen molar-refractivity contribution in [1.29, 1.82) is 0 Å². The Bertz CT molecular complexity index is 1210. The van der Waals surface area contributed by atoms with E-state index in [4.69, 9.17) is 4.98 Å². The van der Waals surface area contributed by atoms with Crippen molar-refractivity contribution < 1.29 is 9.18 Å². The van der Waals surface area contributed by atoms with E-state index in [1.165, 1.54) is 11.6 Å². The van der Waals surface area contributed by atoms with Gasteiger partial charge in [0.2, 0.25) is 5.91 Å². The average Bonchev–Trinajstić information content (AvgIpc) is 3.22. The topological polar surface area (TPSA) is 38.1 Å². The molecule has 0 atom stereocenters. The molecule has 162 valence electrons. The first-order valence-electron chi connectivity index (χ1n) is 11.2. The summed E-state index contributed by atoms with van der Waals surface area (Å²) in [5, 5.41) is 0.